The Labute approximate surface area is 205 Å². The van der Waals surface area contributed by atoms with Crippen LogP contribution in [0.5, 0.6) is 11.6 Å². The second-order valence-electron chi connectivity index (χ2n) is 10.0. The molecule has 1 saturated carbocycles. The molecule has 3 fully saturated rings. The van der Waals surface area contributed by atoms with Gasteiger partial charge in [-0.3, -0.25) is 9.59 Å². The Morgan fingerprint density at radius 3 is 2.66 bits per heavy atom. The van der Waals surface area contributed by atoms with Crippen LogP contribution >= 0.6 is 0 Å². The number of carbonyl (C=O) groups is 2. The lowest BCUT2D eigenvalue weighted by atomic mass is 9.92. The number of pyridine rings is 1. The number of rotatable bonds is 4. The number of nitrogens with one attached hydrogen (secondary N) is 1. The van der Waals surface area contributed by atoms with E-state index in [4.69, 9.17) is 9.47 Å². The third-order valence-electron chi connectivity index (χ3n) is 8.01. The van der Waals surface area contributed by atoms with Crippen LogP contribution in [-0.2, 0) is 0 Å². The van der Waals surface area contributed by atoms with Crippen LogP contribution in [-0.4, -0.2) is 66.1 Å². The zero-order valence-corrected chi connectivity index (χ0v) is 20.0. The number of hydrogen-bond acceptors (Lipinski definition) is 6. The summed E-state index contributed by atoms with van der Waals surface area (Å²) < 4.78 is 11.1. The normalized spacial score (nSPS) is 25.3. The number of aromatic nitrogens is 1. The lowest BCUT2D eigenvalue weighted by molar-refractivity contribution is 0.0694. The number of likely N-dealkylation sites (tertiary alicyclic amines) is 1. The highest BCUT2D eigenvalue weighted by Gasteiger charge is 2.53. The minimum absolute atomic E-state index is 0.00873. The van der Waals surface area contributed by atoms with Gasteiger partial charge in [-0.2, -0.15) is 0 Å². The number of amides is 2. The van der Waals surface area contributed by atoms with Crippen LogP contribution in [0.2, 0.25) is 0 Å². The van der Waals surface area contributed by atoms with E-state index in [0.717, 1.165) is 62.9 Å². The molecule has 4 aliphatic rings. The Morgan fingerprint density at radius 2 is 1.77 bits per heavy atom. The molecule has 1 aliphatic carbocycles. The number of ether oxygens (including phenoxy) is 2. The van der Waals surface area contributed by atoms with E-state index in [-0.39, 0.29) is 17.9 Å². The van der Waals surface area contributed by atoms with Gasteiger partial charge in [0.2, 0.25) is 0 Å². The van der Waals surface area contributed by atoms with Gasteiger partial charge in [0.1, 0.15) is 18.9 Å². The Balaban J connectivity index is 1.22. The molecular weight excluding hydrogens is 444 g/mol. The van der Waals surface area contributed by atoms with Crippen LogP contribution in [0.25, 0.3) is 0 Å². The molecule has 1 aromatic carbocycles. The number of benzene rings is 1. The van der Waals surface area contributed by atoms with E-state index in [1.165, 1.54) is 6.42 Å². The van der Waals surface area contributed by atoms with E-state index in [9.17, 15) is 9.59 Å². The van der Waals surface area contributed by atoms with Crippen molar-refractivity contribution >= 4 is 17.5 Å². The fraction of sp³-hybridized carbons (Fsp3) is 0.519. The molecule has 8 nitrogen and oxygen atoms in total. The molecule has 35 heavy (non-hydrogen) atoms. The average molecular weight is 477 g/mol. The smallest absolute Gasteiger partial charge is 0.270 e. The molecule has 1 aromatic heterocycles. The van der Waals surface area contributed by atoms with Gasteiger partial charge in [-0.05, 0) is 69.2 Å². The van der Waals surface area contributed by atoms with Crippen molar-refractivity contribution in [2.75, 3.05) is 37.7 Å². The summed E-state index contributed by atoms with van der Waals surface area (Å²) in [4.78, 5) is 35.9. The van der Waals surface area contributed by atoms with Gasteiger partial charge in [-0.1, -0.05) is 12.1 Å². The SMILES string of the molecule is O=C(N[C@@]12CCC[C@@H]1N(C(=O)c1ccccc1N1CCCCC1)CC2)c1ccc2c(n1)OCCO2. The van der Waals surface area contributed by atoms with Crippen LogP contribution < -0.4 is 19.7 Å². The van der Waals surface area contributed by atoms with E-state index >= 15 is 0 Å². The molecule has 6 rings (SSSR count). The summed E-state index contributed by atoms with van der Waals surface area (Å²) in [6.07, 6.45) is 7.08. The van der Waals surface area contributed by atoms with Crippen LogP contribution in [0.3, 0.4) is 0 Å². The fourth-order valence-electron chi connectivity index (χ4n) is 6.29. The van der Waals surface area contributed by atoms with E-state index in [0.29, 0.717) is 37.1 Å². The zero-order chi connectivity index (χ0) is 23.8. The molecule has 2 amide bonds. The van der Waals surface area contributed by atoms with Crippen molar-refractivity contribution in [3.8, 4) is 11.6 Å². The first kappa shape index (κ1) is 22.2. The highest BCUT2D eigenvalue weighted by Crippen LogP contribution is 2.43. The van der Waals surface area contributed by atoms with E-state index < -0.39 is 5.54 Å². The number of para-hydroxylation sites is 1. The Bertz CT molecular complexity index is 1130. The van der Waals surface area contributed by atoms with Gasteiger partial charge in [0, 0.05) is 25.3 Å². The number of carbonyl (C=O) groups excluding carboxylic acids is 2. The second-order valence-corrected chi connectivity index (χ2v) is 10.0. The topological polar surface area (TPSA) is 84.0 Å². The van der Waals surface area contributed by atoms with E-state index in [1.807, 2.05) is 23.1 Å². The Hall–Kier alpha value is -3.29. The largest absolute Gasteiger partial charge is 0.484 e. The molecule has 8 heteroatoms. The van der Waals surface area contributed by atoms with Crippen molar-refractivity contribution in [3.05, 3.63) is 47.7 Å². The summed E-state index contributed by atoms with van der Waals surface area (Å²) in [6, 6.07) is 11.4. The summed E-state index contributed by atoms with van der Waals surface area (Å²) >= 11 is 0. The zero-order valence-electron chi connectivity index (χ0n) is 20.0. The van der Waals surface area contributed by atoms with Crippen molar-refractivity contribution in [1.29, 1.82) is 0 Å². The number of anilines is 1. The third-order valence-corrected chi connectivity index (χ3v) is 8.01. The molecule has 3 aliphatic heterocycles. The number of nitrogens with zero attached hydrogens (tertiary/aromatic N) is 3. The molecule has 0 spiro atoms. The predicted octanol–water partition coefficient (Wildman–Crippen LogP) is 3.41. The van der Waals surface area contributed by atoms with Crippen LogP contribution in [0, 0.1) is 0 Å². The maximum absolute atomic E-state index is 13.9. The summed E-state index contributed by atoms with van der Waals surface area (Å²) in [5.74, 6) is 0.778. The van der Waals surface area contributed by atoms with Crippen LogP contribution in [0.1, 0.15) is 65.8 Å². The van der Waals surface area contributed by atoms with Gasteiger partial charge in [0.05, 0.1) is 17.1 Å². The maximum Gasteiger partial charge on any atom is 0.270 e. The van der Waals surface area contributed by atoms with Crippen molar-refractivity contribution < 1.29 is 19.1 Å². The molecule has 184 valence electrons. The average Bonchev–Trinajstić information content (AvgIpc) is 3.47. The summed E-state index contributed by atoms with van der Waals surface area (Å²) in [7, 11) is 0. The van der Waals surface area contributed by atoms with E-state index in [2.05, 4.69) is 21.3 Å². The van der Waals surface area contributed by atoms with Gasteiger partial charge >= 0.3 is 0 Å². The standard InChI is InChI=1S/C27H32N4O4/c32-24(20-10-11-22-25(28-20)35-18-17-34-22)29-27-12-6-9-23(27)31(16-13-27)26(33)19-7-2-3-8-21(19)30-14-4-1-5-15-30/h2-3,7-8,10-11,23H,1,4-6,9,12-18H2,(H,29,32)/t23-,27+/m0/s1. The molecule has 0 bridgehead atoms. The lowest BCUT2D eigenvalue weighted by Crippen LogP contribution is -2.54. The molecule has 4 heterocycles. The number of piperidine rings is 1. The van der Waals surface area contributed by atoms with Crippen molar-refractivity contribution in [2.24, 2.45) is 0 Å². The lowest BCUT2D eigenvalue weighted by Gasteiger charge is -2.35. The quantitative estimate of drug-likeness (QED) is 0.728. The first-order chi connectivity index (χ1) is 17.1. The van der Waals surface area contributed by atoms with Gasteiger partial charge in [0.25, 0.3) is 17.7 Å². The maximum atomic E-state index is 13.9. The van der Waals surface area contributed by atoms with Crippen molar-refractivity contribution in [2.45, 2.75) is 56.5 Å². The van der Waals surface area contributed by atoms with Gasteiger partial charge in [-0.25, -0.2) is 4.98 Å². The highest BCUT2D eigenvalue weighted by atomic mass is 16.6. The predicted molar refractivity (Wildman–Crippen MR) is 131 cm³/mol. The van der Waals surface area contributed by atoms with Gasteiger partial charge in [0.15, 0.2) is 5.75 Å². The second kappa shape index (κ2) is 9.06. The minimum Gasteiger partial charge on any atom is -0.484 e. The molecular formula is C27H32N4O4. The molecule has 0 unspecified atom stereocenters. The first-order valence-electron chi connectivity index (χ1n) is 12.9. The molecule has 2 atom stereocenters. The van der Waals surface area contributed by atoms with Crippen LogP contribution in [0.4, 0.5) is 5.69 Å². The molecule has 2 saturated heterocycles. The summed E-state index contributed by atoms with van der Waals surface area (Å²) in [6.45, 7) is 3.54. The number of fused-ring (bicyclic) bond motifs is 2. The minimum atomic E-state index is -0.415. The molecule has 2 aromatic rings. The van der Waals surface area contributed by atoms with Crippen molar-refractivity contribution in [1.82, 2.24) is 15.2 Å². The van der Waals surface area contributed by atoms with Gasteiger partial charge < -0.3 is 24.6 Å². The number of hydrogen-bond donors (Lipinski definition) is 1. The third kappa shape index (κ3) is 3.98. The molecule has 0 radical (unpaired) electrons. The van der Waals surface area contributed by atoms with Gasteiger partial charge in [-0.15, -0.1) is 0 Å². The molecule has 1 N–H and O–H groups in total. The Kier molecular flexibility index (Phi) is 5.74. The van der Waals surface area contributed by atoms with Crippen LogP contribution in [0.15, 0.2) is 36.4 Å². The monoisotopic (exact) mass is 476 g/mol. The Morgan fingerprint density at radius 1 is 0.943 bits per heavy atom. The van der Waals surface area contributed by atoms with Crippen molar-refractivity contribution in [3.63, 3.8) is 0 Å². The first-order valence-corrected chi connectivity index (χ1v) is 12.9. The summed E-state index contributed by atoms with van der Waals surface area (Å²) in [5.41, 5.74) is 1.71. The fourth-order valence-corrected chi connectivity index (χ4v) is 6.29. The highest BCUT2D eigenvalue weighted by molar-refractivity contribution is 6.00. The van der Waals surface area contributed by atoms with E-state index in [1.54, 1.807) is 12.1 Å². The summed E-state index contributed by atoms with van der Waals surface area (Å²) in [5, 5.41) is 3.29.